The van der Waals surface area contributed by atoms with Gasteiger partial charge >= 0.3 is 0 Å². The first kappa shape index (κ1) is 13.7. The Morgan fingerprint density at radius 3 is 2.41 bits per heavy atom. The van der Waals surface area contributed by atoms with Crippen LogP contribution in [0, 0.1) is 6.92 Å². The molecule has 0 aliphatic heterocycles. The van der Waals surface area contributed by atoms with E-state index in [1.165, 1.54) is 0 Å². The molecule has 92 valence electrons. The smallest absolute Gasteiger partial charge is 0.249 e. The highest BCUT2D eigenvalue weighted by molar-refractivity contribution is 9.10. The number of rotatable bonds is 3. The number of primary amides is 1. The molecule has 1 aromatic carbocycles. The average Bonchev–Trinajstić information content (AvgIpc) is 2.19. The van der Waals surface area contributed by atoms with Crippen molar-refractivity contribution >= 4 is 33.4 Å². The first-order valence-electron chi connectivity index (χ1n) is 5.13. The van der Waals surface area contributed by atoms with E-state index in [2.05, 4.69) is 21.2 Å². The molecule has 0 aromatic heterocycles. The molecule has 0 radical (unpaired) electrons. The highest BCUT2D eigenvalue weighted by Crippen LogP contribution is 2.22. The minimum Gasteiger partial charge on any atom is -0.366 e. The zero-order valence-corrected chi connectivity index (χ0v) is 11.6. The molecule has 0 aliphatic rings. The normalized spacial score (nSPS) is 11.1. The summed E-state index contributed by atoms with van der Waals surface area (Å²) in [6, 6.07) is 5.05. The zero-order valence-electron chi connectivity index (χ0n) is 10.0. The van der Waals surface area contributed by atoms with Crippen molar-refractivity contribution in [1.29, 1.82) is 0 Å². The van der Waals surface area contributed by atoms with E-state index in [4.69, 9.17) is 5.73 Å². The minimum absolute atomic E-state index is 0.178. The molecular weight excluding hydrogens is 284 g/mol. The molecule has 5 heteroatoms. The van der Waals surface area contributed by atoms with E-state index in [-0.39, 0.29) is 5.91 Å². The molecule has 0 atom stereocenters. The van der Waals surface area contributed by atoms with Crippen LogP contribution in [0.2, 0.25) is 0 Å². The third-order valence-corrected chi connectivity index (χ3v) is 2.75. The Morgan fingerprint density at radius 1 is 1.35 bits per heavy atom. The van der Waals surface area contributed by atoms with Gasteiger partial charge in [-0.1, -0.05) is 22.0 Å². The predicted molar refractivity (Wildman–Crippen MR) is 71.3 cm³/mol. The molecule has 0 bridgehead atoms. The van der Waals surface area contributed by atoms with Crippen molar-refractivity contribution < 1.29 is 9.59 Å². The third kappa shape index (κ3) is 3.30. The van der Waals surface area contributed by atoms with Crippen LogP contribution in [0.1, 0.15) is 29.8 Å². The van der Waals surface area contributed by atoms with Crippen LogP contribution < -0.4 is 11.1 Å². The molecule has 4 nitrogen and oxygen atoms in total. The summed E-state index contributed by atoms with van der Waals surface area (Å²) < 4.78 is -0.665. The number of alkyl halides is 1. The summed E-state index contributed by atoms with van der Waals surface area (Å²) in [7, 11) is 0. The number of benzene rings is 1. The van der Waals surface area contributed by atoms with Crippen LogP contribution in [0.15, 0.2) is 18.2 Å². The van der Waals surface area contributed by atoms with Crippen LogP contribution in [0.3, 0.4) is 0 Å². The van der Waals surface area contributed by atoms with Crippen molar-refractivity contribution in [1.82, 2.24) is 0 Å². The monoisotopic (exact) mass is 298 g/mol. The molecule has 0 saturated heterocycles. The Morgan fingerprint density at radius 2 is 1.94 bits per heavy atom. The number of nitrogens with one attached hydrogen (secondary N) is 1. The Labute approximate surface area is 109 Å². The van der Waals surface area contributed by atoms with Crippen molar-refractivity contribution in [3.63, 3.8) is 0 Å². The van der Waals surface area contributed by atoms with Crippen molar-refractivity contribution in [2.75, 3.05) is 5.32 Å². The highest BCUT2D eigenvalue weighted by Gasteiger charge is 2.24. The molecule has 3 N–H and O–H groups in total. The van der Waals surface area contributed by atoms with Gasteiger partial charge in [-0.05, 0) is 38.5 Å². The SMILES string of the molecule is Cc1c(NC(=O)C(C)(C)Br)cccc1C(N)=O. The van der Waals surface area contributed by atoms with E-state index in [0.717, 1.165) is 0 Å². The van der Waals surface area contributed by atoms with E-state index < -0.39 is 10.2 Å². The number of halogens is 1. The van der Waals surface area contributed by atoms with E-state index in [0.29, 0.717) is 16.8 Å². The summed E-state index contributed by atoms with van der Waals surface area (Å²) in [5.74, 6) is -0.682. The standard InChI is InChI=1S/C12H15BrN2O2/c1-7-8(10(14)16)5-4-6-9(7)15-11(17)12(2,3)13/h4-6H,1-3H3,(H2,14,16)(H,15,17). The number of hydrogen-bond donors (Lipinski definition) is 2. The van der Waals surface area contributed by atoms with Gasteiger partial charge in [0.2, 0.25) is 11.8 Å². The topological polar surface area (TPSA) is 72.2 Å². The fourth-order valence-corrected chi connectivity index (χ4v) is 1.41. The van der Waals surface area contributed by atoms with Crippen LogP contribution in [0.25, 0.3) is 0 Å². The first-order valence-corrected chi connectivity index (χ1v) is 5.92. The van der Waals surface area contributed by atoms with Gasteiger partial charge in [0.15, 0.2) is 0 Å². The Balaban J connectivity index is 3.05. The number of carbonyl (C=O) groups excluding carboxylic acids is 2. The van der Waals surface area contributed by atoms with Crippen molar-refractivity contribution in [2.24, 2.45) is 5.73 Å². The molecular formula is C12H15BrN2O2. The van der Waals surface area contributed by atoms with Crippen LogP contribution in [-0.4, -0.2) is 16.1 Å². The maximum absolute atomic E-state index is 11.8. The summed E-state index contributed by atoms with van der Waals surface area (Å²) in [4.78, 5) is 23.0. The summed E-state index contributed by atoms with van der Waals surface area (Å²) in [5, 5.41) is 2.75. The summed E-state index contributed by atoms with van der Waals surface area (Å²) in [5.41, 5.74) is 6.92. The van der Waals surface area contributed by atoms with E-state index >= 15 is 0 Å². The second kappa shape index (κ2) is 4.87. The predicted octanol–water partition coefficient (Wildman–Crippen LogP) is 2.21. The van der Waals surface area contributed by atoms with Crippen molar-refractivity contribution in [3.05, 3.63) is 29.3 Å². The fraction of sp³-hybridized carbons (Fsp3) is 0.333. The summed E-state index contributed by atoms with van der Waals surface area (Å²) in [6.45, 7) is 5.24. The van der Waals surface area contributed by atoms with Gasteiger partial charge in [0.25, 0.3) is 0 Å². The molecule has 0 unspecified atom stereocenters. The highest BCUT2D eigenvalue weighted by atomic mass is 79.9. The quantitative estimate of drug-likeness (QED) is 0.840. The number of amides is 2. The number of hydrogen-bond acceptors (Lipinski definition) is 2. The van der Waals surface area contributed by atoms with Crippen LogP contribution in [-0.2, 0) is 4.79 Å². The molecule has 0 fully saturated rings. The molecule has 0 spiro atoms. The molecule has 0 aliphatic carbocycles. The van der Waals surface area contributed by atoms with Gasteiger partial charge in [-0.15, -0.1) is 0 Å². The number of carbonyl (C=O) groups is 2. The lowest BCUT2D eigenvalue weighted by atomic mass is 10.1. The molecule has 17 heavy (non-hydrogen) atoms. The molecule has 0 saturated carbocycles. The molecule has 1 rings (SSSR count). The number of anilines is 1. The summed E-state index contributed by atoms with van der Waals surface area (Å²) >= 11 is 3.27. The Kier molecular flexibility index (Phi) is 3.93. The van der Waals surface area contributed by atoms with Crippen LogP contribution >= 0.6 is 15.9 Å². The van der Waals surface area contributed by atoms with Gasteiger partial charge in [-0.3, -0.25) is 9.59 Å². The van der Waals surface area contributed by atoms with Gasteiger partial charge in [-0.25, -0.2) is 0 Å². The lowest BCUT2D eigenvalue weighted by molar-refractivity contribution is -0.117. The van der Waals surface area contributed by atoms with Crippen LogP contribution in [0.4, 0.5) is 5.69 Å². The van der Waals surface area contributed by atoms with E-state index in [1.807, 2.05) is 0 Å². The van der Waals surface area contributed by atoms with Crippen molar-refractivity contribution in [2.45, 2.75) is 25.1 Å². The van der Waals surface area contributed by atoms with E-state index in [1.54, 1.807) is 39.0 Å². The maximum atomic E-state index is 11.8. The van der Waals surface area contributed by atoms with E-state index in [9.17, 15) is 9.59 Å². The van der Waals surface area contributed by atoms with Crippen LogP contribution in [0.5, 0.6) is 0 Å². The van der Waals surface area contributed by atoms with Gasteiger partial charge in [-0.2, -0.15) is 0 Å². The molecule has 0 heterocycles. The summed E-state index contributed by atoms with van der Waals surface area (Å²) in [6.07, 6.45) is 0. The lowest BCUT2D eigenvalue weighted by Gasteiger charge is -2.17. The number of nitrogens with two attached hydrogens (primary N) is 1. The first-order chi connectivity index (χ1) is 7.73. The largest absolute Gasteiger partial charge is 0.366 e. The molecule has 1 aromatic rings. The second-order valence-electron chi connectivity index (χ2n) is 4.27. The minimum atomic E-state index is -0.665. The maximum Gasteiger partial charge on any atom is 0.249 e. The third-order valence-electron chi connectivity index (χ3n) is 2.39. The molecule has 2 amide bonds. The van der Waals surface area contributed by atoms with Gasteiger partial charge in [0, 0.05) is 11.3 Å². The Bertz CT molecular complexity index is 464. The fourth-order valence-electron chi connectivity index (χ4n) is 1.31. The Hall–Kier alpha value is -1.36. The van der Waals surface area contributed by atoms with Crippen molar-refractivity contribution in [3.8, 4) is 0 Å². The lowest BCUT2D eigenvalue weighted by Crippen LogP contribution is -2.31. The van der Waals surface area contributed by atoms with Gasteiger partial charge < -0.3 is 11.1 Å². The van der Waals surface area contributed by atoms with Gasteiger partial charge in [0.1, 0.15) is 0 Å². The zero-order chi connectivity index (χ0) is 13.2. The van der Waals surface area contributed by atoms with Gasteiger partial charge in [0.05, 0.1) is 4.32 Å². The second-order valence-corrected chi connectivity index (χ2v) is 6.25. The average molecular weight is 299 g/mol.